The molecular formula is C12H21N3O2. The van der Waals surface area contributed by atoms with Crippen molar-refractivity contribution in [1.29, 1.82) is 0 Å². The van der Waals surface area contributed by atoms with E-state index in [-0.39, 0.29) is 12.5 Å². The molecule has 96 valence electrons. The van der Waals surface area contributed by atoms with Crippen LogP contribution in [0.25, 0.3) is 0 Å². The van der Waals surface area contributed by atoms with Gasteiger partial charge in [-0.2, -0.15) is 0 Å². The highest BCUT2D eigenvalue weighted by Gasteiger charge is 2.05. The van der Waals surface area contributed by atoms with Crippen LogP contribution in [0, 0.1) is 0 Å². The summed E-state index contributed by atoms with van der Waals surface area (Å²) in [6, 6.07) is 0. The van der Waals surface area contributed by atoms with Gasteiger partial charge in [0.2, 0.25) is 0 Å². The van der Waals surface area contributed by atoms with Crippen LogP contribution in [0.15, 0.2) is 12.5 Å². The highest BCUT2D eigenvalue weighted by atomic mass is 16.5. The van der Waals surface area contributed by atoms with E-state index in [1.54, 1.807) is 10.9 Å². The van der Waals surface area contributed by atoms with Crippen LogP contribution in [0.3, 0.4) is 0 Å². The van der Waals surface area contributed by atoms with E-state index in [4.69, 9.17) is 4.74 Å². The van der Waals surface area contributed by atoms with Crippen molar-refractivity contribution in [2.24, 2.45) is 0 Å². The zero-order valence-electron chi connectivity index (χ0n) is 10.6. The predicted octanol–water partition coefficient (Wildman–Crippen LogP) is 1.34. The Balaban J connectivity index is 2.30. The van der Waals surface area contributed by atoms with Gasteiger partial charge in [0, 0.05) is 12.7 Å². The summed E-state index contributed by atoms with van der Waals surface area (Å²) in [5.41, 5.74) is 0.938. The number of carbonyl (C=O) groups is 1. The second-order valence-electron chi connectivity index (χ2n) is 3.89. The van der Waals surface area contributed by atoms with Crippen LogP contribution in [0.5, 0.6) is 0 Å². The Morgan fingerprint density at radius 3 is 3.06 bits per heavy atom. The van der Waals surface area contributed by atoms with Gasteiger partial charge in [-0.05, 0) is 13.0 Å². The predicted molar refractivity (Wildman–Crippen MR) is 65.5 cm³/mol. The summed E-state index contributed by atoms with van der Waals surface area (Å²) < 4.78 is 6.82. The maximum Gasteiger partial charge on any atom is 0.325 e. The van der Waals surface area contributed by atoms with Crippen molar-refractivity contribution < 1.29 is 9.53 Å². The quantitative estimate of drug-likeness (QED) is 0.549. The SMILES string of the molecule is CCCCOC(=O)Cn1cnc(CNCC)c1. The number of esters is 1. The number of rotatable bonds is 8. The molecule has 1 aromatic rings. The van der Waals surface area contributed by atoms with Gasteiger partial charge < -0.3 is 14.6 Å². The van der Waals surface area contributed by atoms with Gasteiger partial charge in [-0.3, -0.25) is 4.79 Å². The van der Waals surface area contributed by atoms with Gasteiger partial charge in [0.05, 0.1) is 18.6 Å². The Morgan fingerprint density at radius 1 is 1.53 bits per heavy atom. The van der Waals surface area contributed by atoms with Crippen molar-refractivity contribution in [2.45, 2.75) is 39.8 Å². The van der Waals surface area contributed by atoms with E-state index in [9.17, 15) is 4.79 Å². The molecule has 17 heavy (non-hydrogen) atoms. The smallest absolute Gasteiger partial charge is 0.325 e. The zero-order chi connectivity index (χ0) is 12.5. The summed E-state index contributed by atoms with van der Waals surface area (Å²) in [4.78, 5) is 15.6. The largest absolute Gasteiger partial charge is 0.464 e. The lowest BCUT2D eigenvalue weighted by atomic mass is 10.4. The second-order valence-corrected chi connectivity index (χ2v) is 3.89. The van der Waals surface area contributed by atoms with Crippen LogP contribution >= 0.6 is 0 Å². The molecule has 0 atom stereocenters. The Hall–Kier alpha value is -1.36. The summed E-state index contributed by atoms with van der Waals surface area (Å²) in [7, 11) is 0. The number of ether oxygens (including phenoxy) is 1. The maximum absolute atomic E-state index is 11.4. The first-order valence-corrected chi connectivity index (χ1v) is 6.13. The van der Waals surface area contributed by atoms with Crippen molar-refractivity contribution in [3.63, 3.8) is 0 Å². The van der Waals surface area contributed by atoms with Gasteiger partial charge in [0.1, 0.15) is 6.54 Å². The summed E-state index contributed by atoms with van der Waals surface area (Å²) in [5.74, 6) is -0.203. The Morgan fingerprint density at radius 2 is 2.35 bits per heavy atom. The number of hydrogen-bond donors (Lipinski definition) is 1. The Kier molecular flexibility index (Phi) is 6.32. The molecule has 0 fully saturated rings. The van der Waals surface area contributed by atoms with E-state index in [1.165, 1.54) is 0 Å². The topological polar surface area (TPSA) is 56.2 Å². The van der Waals surface area contributed by atoms with Gasteiger partial charge in [0.25, 0.3) is 0 Å². The van der Waals surface area contributed by atoms with Gasteiger partial charge in [-0.25, -0.2) is 4.98 Å². The standard InChI is InChI=1S/C12H21N3O2/c1-3-5-6-17-12(16)9-15-8-11(14-10-15)7-13-4-2/h8,10,13H,3-7,9H2,1-2H3. The fourth-order valence-corrected chi connectivity index (χ4v) is 1.36. The van der Waals surface area contributed by atoms with Gasteiger partial charge >= 0.3 is 5.97 Å². The van der Waals surface area contributed by atoms with Crippen molar-refractivity contribution in [3.05, 3.63) is 18.2 Å². The first kappa shape index (κ1) is 13.7. The first-order chi connectivity index (χ1) is 8.26. The number of aromatic nitrogens is 2. The molecule has 0 amide bonds. The number of carbonyl (C=O) groups excluding carboxylic acids is 1. The van der Waals surface area contributed by atoms with E-state index in [0.717, 1.165) is 31.6 Å². The molecule has 0 saturated heterocycles. The molecule has 5 nitrogen and oxygen atoms in total. The minimum Gasteiger partial charge on any atom is -0.464 e. The van der Waals surface area contributed by atoms with E-state index in [2.05, 4.69) is 17.2 Å². The number of hydrogen-bond acceptors (Lipinski definition) is 4. The molecule has 0 aliphatic carbocycles. The van der Waals surface area contributed by atoms with Crippen LogP contribution in [0.4, 0.5) is 0 Å². The van der Waals surface area contributed by atoms with Gasteiger partial charge in [-0.15, -0.1) is 0 Å². The normalized spacial score (nSPS) is 10.5. The monoisotopic (exact) mass is 239 g/mol. The summed E-state index contributed by atoms with van der Waals surface area (Å²) in [6.07, 6.45) is 5.48. The van der Waals surface area contributed by atoms with Crippen LogP contribution in [-0.4, -0.2) is 28.7 Å². The highest BCUT2D eigenvalue weighted by molar-refractivity contribution is 5.69. The van der Waals surface area contributed by atoms with Crippen LogP contribution in [0.2, 0.25) is 0 Å². The van der Waals surface area contributed by atoms with E-state index < -0.39 is 0 Å². The summed E-state index contributed by atoms with van der Waals surface area (Å²) in [5, 5.41) is 3.18. The lowest BCUT2D eigenvalue weighted by Gasteiger charge is -2.03. The molecule has 1 aromatic heterocycles. The van der Waals surface area contributed by atoms with Crippen molar-refractivity contribution in [1.82, 2.24) is 14.9 Å². The minimum atomic E-state index is -0.203. The lowest BCUT2D eigenvalue weighted by Crippen LogP contribution is -2.13. The van der Waals surface area contributed by atoms with Crippen molar-refractivity contribution in [2.75, 3.05) is 13.2 Å². The molecule has 0 unspecified atom stereocenters. The fraction of sp³-hybridized carbons (Fsp3) is 0.667. The lowest BCUT2D eigenvalue weighted by molar-refractivity contribution is -0.144. The van der Waals surface area contributed by atoms with Crippen molar-refractivity contribution >= 4 is 5.97 Å². The fourth-order valence-electron chi connectivity index (χ4n) is 1.36. The molecule has 0 aliphatic rings. The molecule has 0 bridgehead atoms. The second kappa shape index (κ2) is 7.84. The van der Waals surface area contributed by atoms with Crippen LogP contribution < -0.4 is 5.32 Å². The number of nitrogens with zero attached hydrogens (tertiary/aromatic N) is 2. The van der Waals surface area contributed by atoms with Gasteiger partial charge in [-0.1, -0.05) is 20.3 Å². The zero-order valence-corrected chi connectivity index (χ0v) is 10.6. The Bertz CT molecular complexity index is 336. The average Bonchev–Trinajstić information content (AvgIpc) is 2.74. The van der Waals surface area contributed by atoms with Gasteiger partial charge in [0.15, 0.2) is 0 Å². The minimum absolute atomic E-state index is 0.203. The number of imidazole rings is 1. The molecule has 0 radical (unpaired) electrons. The average molecular weight is 239 g/mol. The maximum atomic E-state index is 11.4. The van der Waals surface area contributed by atoms with Crippen LogP contribution in [-0.2, 0) is 22.6 Å². The molecule has 1 heterocycles. The third-order valence-corrected chi connectivity index (χ3v) is 2.32. The van der Waals surface area contributed by atoms with E-state index in [0.29, 0.717) is 6.61 Å². The van der Waals surface area contributed by atoms with E-state index in [1.807, 2.05) is 13.1 Å². The summed E-state index contributed by atoms with van der Waals surface area (Å²) >= 11 is 0. The van der Waals surface area contributed by atoms with E-state index >= 15 is 0 Å². The third kappa shape index (κ3) is 5.49. The molecule has 0 saturated carbocycles. The molecule has 0 aliphatic heterocycles. The van der Waals surface area contributed by atoms with Crippen LogP contribution in [0.1, 0.15) is 32.4 Å². The molecular weight excluding hydrogens is 218 g/mol. The molecule has 0 aromatic carbocycles. The van der Waals surface area contributed by atoms with Crippen molar-refractivity contribution in [3.8, 4) is 0 Å². The molecule has 5 heteroatoms. The molecule has 1 N–H and O–H groups in total. The number of unbranched alkanes of at least 4 members (excludes halogenated alkanes) is 1. The third-order valence-electron chi connectivity index (χ3n) is 2.32. The molecule has 1 rings (SSSR count). The number of nitrogens with one attached hydrogen (secondary N) is 1. The summed E-state index contributed by atoms with van der Waals surface area (Å²) in [6.45, 7) is 6.50. The Labute approximate surface area is 102 Å². The highest BCUT2D eigenvalue weighted by Crippen LogP contribution is 1.97. The molecule has 0 spiro atoms. The first-order valence-electron chi connectivity index (χ1n) is 6.13.